The van der Waals surface area contributed by atoms with Crippen molar-refractivity contribution < 1.29 is 4.39 Å². The number of rotatable bonds is 5. The first-order valence-electron chi connectivity index (χ1n) is 5.26. The van der Waals surface area contributed by atoms with Crippen LogP contribution in [0.25, 0.3) is 0 Å². The van der Waals surface area contributed by atoms with Crippen LogP contribution in [0.4, 0.5) is 4.39 Å². The lowest BCUT2D eigenvalue weighted by atomic mass is 10.0. The van der Waals surface area contributed by atoms with E-state index < -0.39 is 0 Å². The summed E-state index contributed by atoms with van der Waals surface area (Å²) in [6.45, 7) is 5.29. The molecule has 0 aliphatic carbocycles. The largest absolute Gasteiger partial charge is 0.310 e. The Balaban J connectivity index is 2.64. The number of nitrogens with one attached hydrogen (secondary N) is 1. The highest BCUT2D eigenvalue weighted by Gasteiger charge is 2.07. The molecule has 0 bridgehead atoms. The van der Waals surface area contributed by atoms with E-state index in [0.717, 1.165) is 19.4 Å². The third-order valence-electron chi connectivity index (χ3n) is 2.32. The van der Waals surface area contributed by atoms with E-state index in [1.807, 2.05) is 12.1 Å². The molecule has 0 aliphatic rings. The van der Waals surface area contributed by atoms with Crippen LogP contribution in [0.15, 0.2) is 24.3 Å². The van der Waals surface area contributed by atoms with Gasteiger partial charge in [-0.2, -0.15) is 0 Å². The van der Waals surface area contributed by atoms with E-state index in [4.69, 9.17) is 0 Å². The summed E-state index contributed by atoms with van der Waals surface area (Å²) >= 11 is 0. The zero-order chi connectivity index (χ0) is 10.4. The second-order valence-corrected chi connectivity index (χ2v) is 3.47. The predicted octanol–water partition coefficient (Wildman–Crippen LogP) is 3.28. The Morgan fingerprint density at radius 3 is 2.36 bits per heavy atom. The number of benzene rings is 1. The summed E-state index contributed by atoms with van der Waals surface area (Å²) in [7, 11) is 0. The molecule has 0 aromatic heterocycles. The van der Waals surface area contributed by atoms with E-state index in [0.29, 0.717) is 6.04 Å². The molecule has 1 atom stereocenters. The molecule has 0 aliphatic heterocycles. The maximum Gasteiger partial charge on any atom is 0.123 e. The minimum Gasteiger partial charge on any atom is -0.310 e. The average Bonchev–Trinajstić information content (AvgIpc) is 2.21. The standard InChI is InChI=1S/C12H18FN/c1-3-9-14-12(4-2)10-5-7-11(13)8-6-10/h5-8,12,14H,3-4,9H2,1-2H3/t12-/m1/s1. The number of hydrogen-bond acceptors (Lipinski definition) is 1. The molecule has 14 heavy (non-hydrogen) atoms. The lowest BCUT2D eigenvalue weighted by molar-refractivity contribution is 0.517. The van der Waals surface area contributed by atoms with Crippen LogP contribution in [-0.4, -0.2) is 6.54 Å². The highest BCUT2D eigenvalue weighted by Crippen LogP contribution is 2.16. The SMILES string of the molecule is CCCN[C@H](CC)c1ccc(F)cc1. The van der Waals surface area contributed by atoms with Crippen molar-refractivity contribution in [2.24, 2.45) is 0 Å². The zero-order valence-electron chi connectivity index (χ0n) is 8.89. The quantitative estimate of drug-likeness (QED) is 0.760. The van der Waals surface area contributed by atoms with Gasteiger partial charge in [-0.15, -0.1) is 0 Å². The van der Waals surface area contributed by atoms with Crippen molar-refractivity contribution >= 4 is 0 Å². The third kappa shape index (κ3) is 3.11. The Morgan fingerprint density at radius 2 is 1.86 bits per heavy atom. The Kier molecular flexibility index (Phi) is 4.60. The lowest BCUT2D eigenvalue weighted by Gasteiger charge is -2.16. The van der Waals surface area contributed by atoms with Crippen LogP contribution in [-0.2, 0) is 0 Å². The molecular formula is C12H18FN. The zero-order valence-corrected chi connectivity index (χ0v) is 8.89. The summed E-state index contributed by atoms with van der Waals surface area (Å²) in [5.74, 6) is -0.168. The summed E-state index contributed by atoms with van der Waals surface area (Å²) in [4.78, 5) is 0. The molecule has 2 heteroatoms. The molecule has 1 N–H and O–H groups in total. The highest BCUT2D eigenvalue weighted by molar-refractivity contribution is 5.19. The second kappa shape index (κ2) is 5.76. The van der Waals surface area contributed by atoms with Crippen molar-refractivity contribution in [2.75, 3.05) is 6.54 Å². The predicted molar refractivity (Wildman–Crippen MR) is 57.7 cm³/mol. The minimum atomic E-state index is -0.168. The first kappa shape index (κ1) is 11.2. The Labute approximate surface area is 85.3 Å². The molecule has 0 saturated heterocycles. The summed E-state index contributed by atoms with van der Waals surface area (Å²) in [6.07, 6.45) is 2.16. The van der Waals surface area contributed by atoms with Gasteiger partial charge in [0, 0.05) is 6.04 Å². The van der Waals surface area contributed by atoms with E-state index >= 15 is 0 Å². The molecule has 1 aromatic carbocycles. The molecular weight excluding hydrogens is 177 g/mol. The van der Waals surface area contributed by atoms with Gasteiger partial charge in [-0.05, 0) is 37.1 Å². The maximum atomic E-state index is 12.7. The fourth-order valence-electron chi connectivity index (χ4n) is 1.51. The smallest absolute Gasteiger partial charge is 0.123 e. The third-order valence-corrected chi connectivity index (χ3v) is 2.32. The molecule has 0 fully saturated rings. The van der Waals surface area contributed by atoms with Crippen LogP contribution < -0.4 is 5.32 Å². The Hall–Kier alpha value is -0.890. The van der Waals surface area contributed by atoms with Gasteiger partial charge in [0.05, 0.1) is 0 Å². The van der Waals surface area contributed by atoms with Gasteiger partial charge < -0.3 is 5.32 Å². The first-order chi connectivity index (χ1) is 6.77. The summed E-state index contributed by atoms with van der Waals surface area (Å²) in [5, 5.41) is 3.43. The summed E-state index contributed by atoms with van der Waals surface area (Å²) in [5.41, 5.74) is 1.17. The van der Waals surface area contributed by atoms with Crippen LogP contribution >= 0.6 is 0 Å². The molecule has 0 amide bonds. The average molecular weight is 195 g/mol. The van der Waals surface area contributed by atoms with Crippen molar-refractivity contribution in [3.8, 4) is 0 Å². The summed E-state index contributed by atoms with van der Waals surface area (Å²) < 4.78 is 12.7. The van der Waals surface area contributed by atoms with E-state index in [9.17, 15) is 4.39 Å². The van der Waals surface area contributed by atoms with Gasteiger partial charge in [0.15, 0.2) is 0 Å². The summed E-state index contributed by atoms with van der Waals surface area (Å²) in [6, 6.07) is 7.10. The van der Waals surface area contributed by atoms with Crippen LogP contribution in [0.3, 0.4) is 0 Å². The number of hydrogen-bond donors (Lipinski definition) is 1. The van der Waals surface area contributed by atoms with Gasteiger partial charge >= 0.3 is 0 Å². The normalized spacial score (nSPS) is 12.8. The van der Waals surface area contributed by atoms with Crippen LogP contribution in [0, 0.1) is 5.82 Å². The molecule has 0 heterocycles. The van der Waals surface area contributed by atoms with Crippen LogP contribution in [0.1, 0.15) is 38.3 Å². The van der Waals surface area contributed by atoms with Gasteiger partial charge in [0.1, 0.15) is 5.82 Å². The molecule has 0 spiro atoms. The van der Waals surface area contributed by atoms with E-state index in [2.05, 4.69) is 19.2 Å². The van der Waals surface area contributed by atoms with Gasteiger partial charge in [0.2, 0.25) is 0 Å². The van der Waals surface area contributed by atoms with Crippen molar-refractivity contribution in [3.05, 3.63) is 35.6 Å². The van der Waals surface area contributed by atoms with Crippen molar-refractivity contribution in [3.63, 3.8) is 0 Å². The van der Waals surface area contributed by atoms with Crippen molar-refractivity contribution in [1.29, 1.82) is 0 Å². The minimum absolute atomic E-state index is 0.168. The van der Waals surface area contributed by atoms with Crippen molar-refractivity contribution in [1.82, 2.24) is 5.32 Å². The fraction of sp³-hybridized carbons (Fsp3) is 0.500. The number of halogens is 1. The van der Waals surface area contributed by atoms with Gasteiger partial charge in [-0.25, -0.2) is 4.39 Å². The molecule has 0 unspecified atom stereocenters. The van der Waals surface area contributed by atoms with Crippen LogP contribution in [0.2, 0.25) is 0 Å². The molecule has 1 nitrogen and oxygen atoms in total. The molecule has 1 rings (SSSR count). The Morgan fingerprint density at radius 1 is 1.21 bits per heavy atom. The molecule has 78 valence electrons. The monoisotopic (exact) mass is 195 g/mol. The second-order valence-electron chi connectivity index (χ2n) is 3.47. The van der Waals surface area contributed by atoms with E-state index in [-0.39, 0.29) is 5.82 Å². The van der Waals surface area contributed by atoms with Crippen LogP contribution in [0.5, 0.6) is 0 Å². The van der Waals surface area contributed by atoms with E-state index in [1.165, 1.54) is 17.7 Å². The van der Waals surface area contributed by atoms with E-state index in [1.54, 1.807) is 0 Å². The fourth-order valence-corrected chi connectivity index (χ4v) is 1.51. The molecule has 1 aromatic rings. The van der Waals surface area contributed by atoms with Crippen molar-refractivity contribution in [2.45, 2.75) is 32.7 Å². The van der Waals surface area contributed by atoms with Gasteiger partial charge in [-0.3, -0.25) is 0 Å². The first-order valence-corrected chi connectivity index (χ1v) is 5.26. The molecule has 0 radical (unpaired) electrons. The lowest BCUT2D eigenvalue weighted by Crippen LogP contribution is -2.21. The molecule has 0 saturated carbocycles. The maximum absolute atomic E-state index is 12.7. The Bertz CT molecular complexity index is 256. The topological polar surface area (TPSA) is 12.0 Å². The highest BCUT2D eigenvalue weighted by atomic mass is 19.1. The van der Waals surface area contributed by atoms with Gasteiger partial charge in [0.25, 0.3) is 0 Å². The van der Waals surface area contributed by atoms with Gasteiger partial charge in [-0.1, -0.05) is 26.0 Å².